The van der Waals surface area contributed by atoms with E-state index < -0.39 is 17.5 Å². The Morgan fingerprint density at radius 3 is 2.76 bits per heavy atom. The van der Waals surface area contributed by atoms with Gasteiger partial charge in [-0.2, -0.15) is 4.98 Å². The zero-order valence-electron chi connectivity index (χ0n) is 18.9. The second-order valence-electron chi connectivity index (χ2n) is 8.66. The van der Waals surface area contributed by atoms with Crippen molar-refractivity contribution in [2.24, 2.45) is 0 Å². The lowest BCUT2D eigenvalue weighted by Crippen LogP contribution is -2.35. The summed E-state index contributed by atoms with van der Waals surface area (Å²) in [4.78, 5) is 37.2. The third-order valence-corrected chi connectivity index (χ3v) is 5.85. The molecule has 3 aromatic rings. The molecular weight excluding hydrogens is 438 g/mol. The number of thiophene rings is 1. The van der Waals surface area contributed by atoms with Crippen LogP contribution < -0.4 is 15.5 Å². The van der Waals surface area contributed by atoms with Gasteiger partial charge in [-0.15, -0.1) is 11.3 Å². The Bertz CT molecular complexity index is 1140. The predicted octanol–water partition coefficient (Wildman–Crippen LogP) is 3.92. The predicted molar refractivity (Wildman–Crippen MR) is 129 cm³/mol. The van der Waals surface area contributed by atoms with Gasteiger partial charge in [0.1, 0.15) is 23.5 Å². The molecule has 172 valence electrons. The minimum atomic E-state index is -0.619. The van der Waals surface area contributed by atoms with Gasteiger partial charge in [-0.25, -0.2) is 4.98 Å². The summed E-state index contributed by atoms with van der Waals surface area (Å²) < 4.78 is 5.26. The number of hydrogen-bond donors (Lipinski definition) is 2. The van der Waals surface area contributed by atoms with Gasteiger partial charge in [0, 0.05) is 23.3 Å². The van der Waals surface area contributed by atoms with Gasteiger partial charge < -0.3 is 20.3 Å². The van der Waals surface area contributed by atoms with Crippen LogP contribution in [0, 0.1) is 0 Å². The Kier molecular flexibility index (Phi) is 6.60. The lowest BCUT2D eigenvalue weighted by molar-refractivity contribution is -0.153. The summed E-state index contributed by atoms with van der Waals surface area (Å²) in [5.74, 6) is -0.00476. The van der Waals surface area contributed by atoms with Crippen molar-refractivity contribution in [3.63, 3.8) is 0 Å². The Hall–Kier alpha value is -3.46. The standard InChI is InChI=1S/C24H27N5O3S/c1-24(2,3)32-20(30)15-26-22(31)18-14-27-23(28-21(18)25-13-17-8-6-12-33-17)29-11-10-16-7-4-5-9-19(16)29/h4-9,12,14H,10-11,13,15H2,1-3H3,(H,26,31)(H,25,27,28). The van der Waals surface area contributed by atoms with Gasteiger partial charge in [0.2, 0.25) is 5.95 Å². The number of para-hydroxylation sites is 1. The number of fused-ring (bicyclic) bond motifs is 1. The summed E-state index contributed by atoms with van der Waals surface area (Å²) in [6.45, 7) is 6.40. The van der Waals surface area contributed by atoms with Crippen LogP contribution in [0.15, 0.2) is 48.0 Å². The van der Waals surface area contributed by atoms with E-state index in [0.29, 0.717) is 18.3 Å². The molecule has 4 rings (SSSR count). The largest absolute Gasteiger partial charge is 0.459 e. The van der Waals surface area contributed by atoms with Gasteiger partial charge in [0.15, 0.2) is 0 Å². The Labute approximate surface area is 197 Å². The molecule has 0 atom stereocenters. The summed E-state index contributed by atoms with van der Waals surface area (Å²) in [6, 6.07) is 12.2. The number of anilines is 3. The highest BCUT2D eigenvalue weighted by atomic mass is 32.1. The second kappa shape index (κ2) is 9.58. The monoisotopic (exact) mass is 465 g/mol. The lowest BCUT2D eigenvalue weighted by atomic mass is 10.2. The van der Waals surface area contributed by atoms with Gasteiger partial charge in [0.05, 0.1) is 6.54 Å². The zero-order valence-corrected chi connectivity index (χ0v) is 19.7. The van der Waals surface area contributed by atoms with Crippen molar-refractivity contribution < 1.29 is 14.3 Å². The molecule has 0 saturated heterocycles. The van der Waals surface area contributed by atoms with Crippen LogP contribution >= 0.6 is 11.3 Å². The maximum absolute atomic E-state index is 12.9. The smallest absolute Gasteiger partial charge is 0.325 e. The van der Waals surface area contributed by atoms with Gasteiger partial charge in [-0.05, 0) is 50.3 Å². The highest BCUT2D eigenvalue weighted by Crippen LogP contribution is 2.33. The lowest BCUT2D eigenvalue weighted by Gasteiger charge is -2.20. The van der Waals surface area contributed by atoms with E-state index in [1.807, 2.05) is 40.6 Å². The fraction of sp³-hybridized carbons (Fsp3) is 0.333. The zero-order chi connectivity index (χ0) is 23.4. The van der Waals surface area contributed by atoms with Crippen LogP contribution in [0.2, 0.25) is 0 Å². The molecule has 0 fully saturated rings. The molecule has 0 aliphatic carbocycles. The number of nitrogens with one attached hydrogen (secondary N) is 2. The molecule has 0 saturated carbocycles. The normalized spacial score (nSPS) is 12.9. The number of aromatic nitrogens is 2. The van der Waals surface area contributed by atoms with Crippen molar-refractivity contribution in [1.82, 2.24) is 15.3 Å². The molecule has 1 amide bonds. The molecule has 2 N–H and O–H groups in total. The number of carbonyl (C=O) groups is 2. The maximum Gasteiger partial charge on any atom is 0.325 e. The third kappa shape index (κ3) is 5.67. The molecule has 1 aliphatic heterocycles. The van der Waals surface area contributed by atoms with Crippen molar-refractivity contribution in [3.8, 4) is 0 Å². The number of benzene rings is 1. The fourth-order valence-corrected chi connectivity index (χ4v) is 4.20. The van der Waals surface area contributed by atoms with E-state index >= 15 is 0 Å². The number of amides is 1. The highest BCUT2D eigenvalue weighted by molar-refractivity contribution is 7.09. The van der Waals surface area contributed by atoms with Crippen molar-refractivity contribution in [2.75, 3.05) is 23.3 Å². The SMILES string of the molecule is CC(C)(C)OC(=O)CNC(=O)c1cnc(N2CCc3ccccc32)nc1NCc1cccs1. The molecule has 9 heteroatoms. The van der Waals surface area contributed by atoms with Gasteiger partial charge in [-0.1, -0.05) is 24.3 Å². The molecule has 1 aliphatic rings. The van der Waals surface area contributed by atoms with Gasteiger partial charge >= 0.3 is 5.97 Å². The molecule has 3 heterocycles. The Balaban J connectivity index is 1.55. The number of rotatable bonds is 7. The molecule has 0 unspecified atom stereocenters. The summed E-state index contributed by atoms with van der Waals surface area (Å²) in [6.07, 6.45) is 2.42. The number of ether oxygens (including phenoxy) is 1. The number of nitrogens with zero attached hydrogens (tertiary/aromatic N) is 3. The molecule has 0 radical (unpaired) electrons. The first-order chi connectivity index (χ1) is 15.8. The van der Waals surface area contributed by atoms with Crippen LogP contribution in [0.1, 0.15) is 41.6 Å². The topological polar surface area (TPSA) is 96.4 Å². The van der Waals surface area contributed by atoms with E-state index in [1.54, 1.807) is 32.1 Å². The summed E-state index contributed by atoms with van der Waals surface area (Å²) >= 11 is 1.62. The van der Waals surface area contributed by atoms with Crippen molar-refractivity contribution in [3.05, 3.63) is 64.0 Å². The van der Waals surface area contributed by atoms with E-state index in [4.69, 9.17) is 9.72 Å². The molecule has 33 heavy (non-hydrogen) atoms. The van der Waals surface area contributed by atoms with Crippen molar-refractivity contribution >= 4 is 40.7 Å². The van der Waals surface area contributed by atoms with Crippen LogP contribution in [0.25, 0.3) is 0 Å². The molecule has 2 aromatic heterocycles. The molecule has 0 bridgehead atoms. The van der Waals surface area contributed by atoms with Gasteiger partial charge in [0.25, 0.3) is 5.91 Å². The Morgan fingerprint density at radius 2 is 2.00 bits per heavy atom. The summed E-state index contributed by atoms with van der Waals surface area (Å²) in [5, 5.41) is 7.88. The molecule has 0 spiro atoms. The quantitative estimate of drug-likeness (QED) is 0.511. The molecule has 8 nitrogen and oxygen atoms in total. The van der Waals surface area contributed by atoms with E-state index in [2.05, 4.69) is 21.7 Å². The number of hydrogen-bond acceptors (Lipinski definition) is 8. The molecule has 1 aromatic carbocycles. The average molecular weight is 466 g/mol. The summed E-state index contributed by atoms with van der Waals surface area (Å²) in [7, 11) is 0. The van der Waals surface area contributed by atoms with Crippen LogP contribution in [-0.2, 0) is 22.5 Å². The van der Waals surface area contributed by atoms with E-state index in [1.165, 1.54) is 11.8 Å². The third-order valence-electron chi connectivity index (χ3n) is 4.97. The maximum atomic E-state index is 12.9. The minimum absolute atomic E-state index is 0.234. The fourth-order valence-electron chi connectivity index (χ4n) is 3.56. The van der Waals surface area contributed by atoms with Crippen LogP contribution in [-0.4, -0.2) is 40.5 Å². The second-order valence-corrected chi connectivity index (χ2v) is 9.70. The van der Waals surface area contributed by atoms with E-state index in [-0.39, 0.29) is 12.1 Å². The average Bonchev–Trinajstić information content (AvgIpc) is 3.44. The van der Waals surface area contributed by atoms with Crippen LogP contribution in [0.4, 0.5) is 17.5 Å². The first-order valence-corrected chi connectivity index (χ1v) is 11.7. The van der Waals surface area contributed by atoms with E-state index in [9.17, 15) is 9.59 Å². The van der Waals surface area contributed by atoms with Crippen molar-refractivity contribution in [1.29, 1.82) is 0 Å². The minimum Gasteiger partial charge on any atom is -0.459 e. The van der Waals surface area contributed by atoms with Crippen molar-refractivity contribution in [2.45, 2.75) is 39.3 Å². The first kappa shape index (κ1) is 22.7. The molecular formula is C24H27N5O3S. The van der Waals surface area contributed by atoms with E-state index in [0.717, 1.165) is 23.5 Å². The number of carbonyl (C=O) groups excluding carboxylic acids is 2. The first-order valence-electron chi connectivity index (χ1n) is 10.8. The number of esters is 1. The summed E-state index contributed by atoms with van der Waals surface area (Å²) in [5.41, 5.74) is 1.97. The Morgan fingerprint density at radius 1 is 1.18 bits per heavy atom. The highest BCUT2D eigenvalue weighted by Gasteiger charge is 2.24. The van der Waals surface area contributed by atoms with Gasteiger partial charge in [-0.3, -0.25) is 9.59 Å². The van der Waals surface area contributed by atoms with Crippen LogP contribution in [0.5, 0.6) is 0 Å². The van der Waals surface area contributed by atoms with Crippen LogP contribution in [0.3, 0.4) is 0 Å².